The Balaban J connectivity index is 2.26. The molecular formula is C12H8FN3O3. The zero-order valence-corrected chi connectivity index (χ0v) is 9.54. The smallest absolute Gasteiger partial charge is 0.289 e. The van der Waals surface area contributed by atoms with E-state index in [1.54, 1.807) is 18.2 Å². The quantitative estimate of drug-likeness (QED) is 0.522. The van der Waals surface area contributed by atoms with Gasteiger partial charge in [0.05, 0.1) is 4.92 Å². The van der Waals surface area contributed by atoms with Crippen molar-refractivity contribution >= 4 is 17.3 Å². The van der Waals surface area contributed by atoms with Crippen LogP contribution in [0.15, 0.2) is 42.6 Å². The van der Waals surface area contributed by atoms with Crippen molar-refractivity contribution in [2.45, 2.75) is 0 Å². The van der Waals surface area contributed by atoms with Crippen LogP contribution in [0.4, 0.5) is 15.8 Å². The van der Waals surface area contributed by atoms with Gasteiger partial charge >= 0.3 is 0 Å². The van der Waals surface area contributed by atoms with Crippen LogP contribution in [-0.2, 0) is 0 Å². The van der Waals surface area contributed by atoms with Gasteiger partial charge in [0.25, 0.3) is 11.6 Å². The van der Waals surface area contributed by atoms with Gasteiger partial charge in [-0.1, -0.05) is 18.2 Å². The Bertz CT molecular complexity index is 631. The van der Waals surface area contributed by atoms with Crippen LogP contribution in [0, 0.1) is 16.1 Å². The molecule has 0 atom stereocenters. The van der Waals surface area contributed by atoms with Gasteiger partial charge in [0.15, 0.2) is 0 Å². The molecule has 1 N–H and O–H groups in total. The number of nitrogens with zero attached hydrogens (tertiary/aromatic N) is 2. The van der Waals surface area contributed by atoms with E-state index in [4.69, 9.17) is 0 Å². The van der Waals surface area contributed by atoms with Crippen molar-refractivity contribution in [2.24, 2.45) is 0 Å². The predicted octanol–water partition coefficient (Wildman–Crippen LogP) is 2.38. The minimum Gasteiger partial charge on any atom is -0.318 e. The van der Waals surface area contributed by atoms with E-state index < -0.39 is 22.5 Å². The highest BCUT2D eigenvalue weighted by Crippen LogP contribution is 2.19. The third-order valence-electron chi connectivity index (χ3n) is 2.32. The summed E-state index contributed by atoms with van der Waals surface area (Å²) in [5.74, 6) is -1.54. The number of nitro groups is 1. The highest BCUT2D eigenvalue weighted by Gasteiger charge is 2.15. The Morgan fingerprint density at radius 2 is 2.00 bits per heavy atom. The first-order valence-electron chi connectivity index (χ1n) is 5.24. The minimum absolute atomic E-state index is 0.313. The fourth-order valence-electron chi connectivity index (χ4n) is 1.41. The highest BCUT2D eigenvalue weighted by atomic mass is 19.1. The predicted molar refractivity (Wildman–Crippen MR) is 65.2 cm³/mol. The second-order valence-corrected chi connectivity index (χ2v) is 3.61. The normalized spacial score (nSPS) is 9.95. The van der Waals surface area contributed by atoms with Crippen LogP contribution >= 0.6 is 0 Å². The number of amides is 1. The van der Waals surface area contributed by atoms with Gasteiger partial charge in [-0.2, -0.15) is 4.39 Å². The Morgan fingerprint density at radius 3 is 2.63 bits per heavy atom. The van der Waals surface area contributed by atoms with Gasteiger partial charge in [-0.05, 0) is 12.1 Å². The summed E-state index contributed by atoms with van der Waals surface area (Å²) in [5.41, 5.74) is -0.416. The fourth-order valence-corrected chi connectivity index (χ4v) is 1.41. The summed E-state index contributed by atoms with van der Waals surface area (Å²) in [6.45, 7) is 0. The Labute approximate surface area is 107 Å². The first kappa shape index (κ1) is 12.6. The van der Waals surface area contributed by atoms with Gasteiger partial charge in [0, 0.05) is 11.6 Å². The van der Waals surface area contributed by atoms with E-state index in [0.717, 1.165) is 12.3 Å². The molecule has 19 heavy (non-hydrogen) atoms. The maximum Gasteiger partial charge on any atom is 0.289 e. The molecule has 2 aromatic rings. The molecule has 0 aliphatic heterocycles. The maximum atomic E-state index is 13.4. The Kier molecular flexibility index (Phi) is 3.46. The summed E-state index contributed by atoms with van der Waals surface area (Å²) in [6.07, 6.45) is 0.785. The Hall–Kier alpha value is -2.83. The number of carbonyl (C=O) groups excluding carboxylic acids is 1. The number of pyridine rings is 1. The summed E-state index contributed by atoms with van der Waals surface area (Å²) >= 11 is 0. The third-order valence-corrected chi connectivity index (χ3v) is 2.32. The van der Waals surface area contributed by atoms with Gasteiger partial charge in [0.1, 0.15) is 11.9 Å². The standard InChI is InChI=1S/C12H8FN3O3/c13-11-10(6-9(7-14-11)16(18)19)15-12(17)8-4-2-1-3-5-8/h1-7H,(H,15,17). The molecule has 1 amide bonds. The van der Waals surface area contributed by atoms with Crippen LogP contribution in [0.5, 0.6) is 0 Å². The lowest BCUT2D eigenvalue weighted by Gasteiger charge is -2.05. The molecule has 1 heterocycles. The first-order chi connectivity index (χ1) is 9.08. The molecule has 1 aromatic carbocycles. The Morgan fingerprint density at radius 1 is 1.32 bits per heavy atom. The fraction of sp³-hybridized carbons (Fsp3) is 0. The van der Waals surface area contributed by atoms with Gasteiger partial charge in [0.2, 0.25) is 5.95 Å². The molecule has 1 aromatic heterocycles. The summed E-state index contributed by atoms with van der Waals surface area (Å²) in [7, 11) is 0. The molecule has 0 spiro atoms. The van der Waals surface area contributed by atoms with E-state index in [1.807, 2.05) is 0 Å². The van der Waals surface area contributed by atoms with Crippen molar-refractivity contribution < 1.29 is 14.1 Å². The van der Waals surface area contributed by atoms with E-state index >= 15 is 0 Å². The molecule has 2 rings (SSSR count). The lowest BCUT2D eigenvalue weighted by atomic mass is 10.2. The minimum atomic E-state index is -0.977. The molecule has 0 unspecified atom stereocenters. The molecule has 0 radical (unpaired) electrons. The van der Waals surface area contributed by atoms with E-state index in [0.29, 0.717) is 5.56 Å². The van der Waals surface area contributed by atoms with Crippen molar-refractivity contribution in [3.05, 3.63) is 64.2 Å². The average molecular weight is 261 g/mol. The van der Waals surface area contributed by atoms with Gasteiger partial charge in [-0.25, -0.2) is 4.98 Å². The van der Waals surface area contributed by atoms with E-state index in [1.165, 1.54) is 12.1 Å². The van der Waals surface area contributed by atoms with Crippen molar-refractivity contribution in [3.63, 3.8) is 0 Å². The van der Waals surface area contributed by atoms with Crippen LogP contribution in [0.3, 0.4) is 0 Å². The molecule has 7 heteroatoms. The second-order valence-electron chi connectivity index (χ2n) is 3.61. The molecule has 6 nitrogen and oxygen atoms in total. The second kappa shape index (κ2) is 5.21. The number of carbonyl (C=O) groups is 1. The maximum absolute atomic E-state index is 13.4. The van der Waals surface area contributed by atoms with Gasteiger partial charge in [-0.3, -0.25) is 14.9 Å². The number of halogens is 1. The number of hydrogen-bond donors (Lipinski definition) is 1. The number of anilines is 1. The average Bonchev–Trinajstić information content (AvgIpc) is 2.42. The zero-order chi connectivity index (χ0) is 13.8. The molecule has 0 saturated carbocycles. The largest absolute Gasteiger partial charge is 0.318 e. The SMILES string of the molecule is O=C(Nc1cc([N+](=O)[O-])cnc1F)c1ccccc1. The summed E-state index contributed by atoms with van der Waals surface area (Å²) in [6, 6.07) is 9.03. The molecule has 0 aliphatic rings. The van der Waals surface area contributed by atoms with Crippen molar-refractivity contribution in [1.29, 1.82) is 0 Å². The van der Waals surface area contributed by atoms with Gasteiger partial charge < -0.3 is 5.32 Å². The molecule has 0 aliphatic carbocycles. The number of aromatic nitrogens is 1. The lowest BCUT2D eigenvalue weighted by molar-refractivity contribution is -0.385. The van der Waals surface area contributed by atoms with Gasteiger partial charge in [-0.15, -0.1) is 0 Å². The molecule has 96 valence electrons. The first-order valence-corrected chi connectivity index (χ1v) is 5.24. The monoisotopic (exact) mass is 261 g/mol. The number of rotatable bonds is 3. The molecule has 0 fully saturated rings. The van der Waals surface area contributed by atoms with Crippen LogP contribution in [0.2, 0.25) is 0 Å². The topological polar surface area (TPSA) is 85.1 Å². The van der Waals surface area contributed by atoms with Crippen LogP contribution < -0.4 is 5.32 Å². The van der Waals surface area contributed by atoms with Crippen LogP contribution in [0.25, 0.3) is 0 Å². The summed E-state index contributed by atoms with van der Waals surface area (Å²) in [4.78, 5) is 24.8. The number of hydrogen-bond acceptors (Lipinski definition) is 4. The number of nitrogens with one attached hydrogen (secondary N) is 1. The highest BCUT2D eigenvalue weighted by molar-refractivity contribution is 6.04. The molecular weight excluding hydrogens is 253 g/mol. The van der Waals surface area contributed by atoms with Crippen molar-refractivity contribution in [3.8, 4) is 0 Å². The molecule has 0 saturated heterocycles. The lowest BCUT2D eigenvalue weighted by Crippen LogP contribution is -2.13. The zero-order valence-electron chi connectivity index (χ0n) is 9.54. The van der Waals surface area contributed by atoms with Crippen molar-refractivity contribution in [1.82, 2.24) is 4.98 Å². The summed E-state index contributed by atoms with van der Waals surface area (Å²) < 4.78 is 13.4. The van der Waals surface area contributed by atoms with E-state index in [2.05, 4.69) is 10.3 Å². The van der Waals surface area contributed by atoms with Crippen LogP contribution in [0.1, 0.15) is 10.4 Å². The third kappa shape index (κ3) is 2.89. The molecule has 0 bridgehead atoms. The van der Waals surface area contributed by atoms with E-state index in [9.17, 15) is 19.3 Å². The van der Waals surface area contributed by atoms with Crippen LogP contribution in [-0.4, -0.2) is 15.8 Å². The number of benzene rings is 1. The van der Waals surface area contributed by atoms with E-state index in [-0.39, 0.29) is 5.69 Å². The van der Waals surface area contributed by atoms with Crippen molar-refractivity contribution in [2.75, 3.05) is 5.32 Å². The summed E-state index contributed by atoms with van der Waals surface area (Å²) in [5, 5.41) is 12.8.